The van der Waals surface area contributed by atoms with E-state index in [2.05, 4.69) is 17.3 Å². The first-order chi connectivity index (χ1) is 6.20. The highest BCUT2D eigenvalue weighted by Crippen LogP contribution is 2.24. The Kier molecular flexibility index (Phi) is 4.70. The minimum Gasteiger partial charge on any atom is -0.393 e. The summed E-state index contributed by atoms with van der Waals surface area (Å²) in [6, 6.07) is 0.860. The fourth-order valence-electron chi connectivity index (χ4n) is 1.39. The molecular formula is C10H22N2O. The van der Waals surface area contributed by atoms with E-state index in [1.54, 1.807) is 0 Å². The van der Waals surface area contributed by atoms with Crippen LogP contribution in [0.15, 0.2) is 0 Å². The summed E-state index contributed by atoms with van der Waals surface area (Å²) in [4.78, 5) is 2.41. The van der Waals surface area contributed by atoms with E-state index in [-0.39, 0.29) is 6.10 Å². The molecule has 0 aromatic rings. The van der Waals surface area contributed by atoms with Crippen molar-refractivity contribution in [1.29, 1.82) is 0 Å². The Morgan fingerprint density at radius 3 is 2.69 bits per heavy atom. The molecule has 1 fully saturated rings. The van der Waals surface area contributed by atoms with Crippen molar-refractivity contribution in [1.82, 2.24) is 10.2 Å². The van der Waals surface area contributed by atoms with Crippen molar-refractivity contribution in [3.05, 3.63) is 0 Å². The summed E-state index contributed by atoms with van der Waals surface area (Å²) in [7, 11) is 2.19. The van der Waals surface area contributed by atoms with E-state index in [9.17, 15) is 0 Å². The van der Waals surface area contributed by atoms with Crippen LogP contribution in [0.1, 0.15) is 26.2 Å². The fraction of sp³-hybridized carbons (Fsp3) is 1.00. The molecule has 0 aromatic carbocycles. The van der Waals surface area contributed by atoms with Gasteiger partial charge in [0.25, 0.3) is 0 Å². The van der Waals surface area contributed by atoms with Crippen LogP contribution in [0.25, 0.3) is 0 Å². The Bertz CT molecular complexity index is 135. The van der Waals surface area contributed by atoms with Gasteiger partial charge in [-0.3, -0.25) is 0 Å². The van der Waals surface area contributed by atoms with Gasteiger partial charge < -0.3 is 15.3 Å². The molecule has 0 amide bonds. The van der Waals surface area contributed by atoms with Crippen molar-refractivity contribution in [2.24, 2.45) is 0 Å². The van der Waals surface area contributed by atoms with Crippen LogP contribution >= 0.6 is 0 Å². The largest absolute Gasteiger partial charge is 0.393 e. The summed E-state index contributed by atoms with van der Waals surface area (Å²) in [6.07, 6.45) is 3.44. The van der Waals surface area contributed by atoms with Gasteiger partial charge in [-0.05, 0) is 39.8 Å². The Labute approximate surface area is 81.1 Å². The molecule has 3 heteroatoms. The Balaban J connectivity index is 1.83. The topological polar surface area (TPSA) is 35.5 Å². The first-order valence-electron chi connectivity index (χ1n) is 5.29. The molecule has 0 heterocycles. The summed E-state index contributed by atoms with van der Waals surface area (Å²) in [5.41, 5.74) is 0. The van der Waals surface area contributed by atoms with E-state index in [0.717, 1.165) is 32.1 Å². The van der Waals surface area contributed by atoms with Crippen LogP contribution in [0.5, 0.6) is 0 Å². The van der Waals surface area contributed by atoms with Gasteiger partial charge in [0.2, 0.25) is 0 Å². The van der Waals surface area contributed by atoms with Gasteiger partial charge in [-0.25, -0.2) is 0 Å². The minimum absolute atomic E-state index is 0.173. The summed E-state index contributed by atoms with van der Waals surface area (Å²) in [5, 5.41) is 12.3. The molecule has 2 N–H and O–H groups in total. The molecule has 78 valence electrons. The average molecular weight is 186 g/mol. The third kappa shape index (κ3) is 5.24. The molecule has 1 aliphatic carbocycles. The van der Waals surface area contributed by atoms with Crippen molar-refractivity contribution in [3.8, 4) is 0 Å². The number of hydrogen-bond donors (Lipinski definition) is 2. The van der Waals surface area contributed by atoms with Crippen LogP contribution in [0.2, 0.25) is 0 Å². The number of aliphatic hydroxyl groups excluding tert-OH is 1. The predicted molar refractivity (Wildman–Crippen MR) is 54.8 cm³/mol. The number of likely N-dealkylation sites (N-methyl/N-ethyl adjacent to an activating group) is 1. The second-order valence-corrected chi connectivity index (χ2v) is 4.10. The zero-order valence-electron chi connectivity index (χ0n) is 8.79. The van der Waals surface area contributed by atoms with E-state index in [1.807, 2.05) is 6.92 Å². The zero-order chi connectivity index (χ0) is 9.68. The van der Waals surface area contributed by atoms with Crippen LogP contribution < -0.4 is 5.32 Å². The highest BCUT2D eigenvalue weighted by Gasteiger charge is 2.25. The van der Waals surface area contributed by atoms with Gasteiger partial charge in [-0.15, -0.1) is 0 Å². The quantitative estimate of drug-likeness (QED) is 0.566. The number of nitrogens with one attached hydrogen (secondary N) is 1. The van der Waals surface area contributed by atoms with Crippen LogP contribution in [0, 0.1) is 0 Å². The van der Waals surface area contributed by atoms with E-state index in [1.165, 1.54) is 12.8 Å². The maximum Gasteiger partial charge on any atom is 0.0524 e. The van der Waals surface area contributed by atoms with Crippen LogP contribution in [-0.4, -0.2) is 48.8 Å². The molecule has 1 atom stereocenters. The highest BCUT2D eigenvalue weighted by molar-refractivity contribution is 4.82. The van der Waals surface area contributed by atoms with Crippen molar-refractivity contribution in [2.75, 3.05) is 26.7 Å². The molecule has 13 heavy (non-hydrogen) atoms. The molecule has 0 aromatic heterocycles. The first kappa shape index (κ1) is 11.0. The van der Waals surface area contributed by atoms with Gasteiger partial charge in [0.05, 0.1) is 6.10 Å². The number of rotatable bonds is 7. The lowest BCUT2D eigenvalue weighted by molar-refractivity contribution is 0.183. The van der Waals surface area contributed by atoms with Crippen LogP contribution in [-0.2, 0) is 0 Å². The van der Waals surface area contributed by atoms with Crippen LogP contribution in [0.3, 0.4) is 0 Å². The van der Waals surface area contributed by atoms with Gasteiger partial charge in [0.15, 0.2) is 0 Å². The minimum atomic E-state index is -0.173. The lowest BCUT2D eigenvalue weighted by Crippen LogP contribution is -2.31. The van der Waals surface area contributed by atoms with E-state index >= 15 is 0 Å². The molecule has 0 bridgehead atoms. The van der Waals surface area contributed by atoms with Crippen LogP contribution in [0.4, 0.5) is 0 Å². The molecule has 0 spiro atoms. The second kappa shape index (κ2) is 5.58. The number of nitrogens with zero attached hydrogens (tertiary/aromatic N) is 1. The monoisotopic (exact) mass is 186 g/mol. The molecule has 3 nitrogen and oxygen atoms in total. The normalized spacial score (nSPS) is 19.4. The molecule has 0 radical (unpaired) electrons. The molecule has 1 aliphatic rings. The van der Waals surface area contributed by atoms with E-state index in [0.29, 0.717) is 0 Å². The molecule has 0 saturated heterocycles. The maximum absolute atomic E-state index is 9.01. The smallest absolute Gasteiger partial charge is 0.0524 e. The van der Waals surface area contributed by atoms with E-state index in [4.69, 9.17) is 5.11 Å². The summed E-state index contributed by atoms with van der Waals surface area (Å²) >= 11 is 0. The first-order valence-corrected chi connectivity index (χ1v) is 5.29. The van der Waals surface area contributed by atoms with Gasteiger partial charge in [0.1, 0.15) is 0 Å². The Morgan fingerprint density at radius 1 is 1.46 bits per heavy atom. The molecule has 1 saturated carbocycles. The maximum atomic E-state index is 9.01. The molecule has 0 aliphatic heterocycles. The van der Waals surface area contributed by atoms with Crippen molar-refractivity contribution in [3.63, 3.8) is 0 Å². The average Bonchev–Trinajstić information content (AvgIpc) is 2.85. The Morgan fingerprint density at radius 2 is 2.15 bits per heavy atom. The SMILES string of the molecule is CC(O)CCNCCN(C)C1CC1. The number of aliphatic hydroxyl groups is 1. The van der Waals surface area contributed by atoms with Gasteiger partial charge in [-0.1, -0.05) is 0 Å². The lowest BCUT2D eigenvalue weighted by Gasteiger charge is -2.15. The third-order valence-corrected chi connectivity index (χ3v) is 2.55. The van der Waals surface area contributed by atoms with Crippen molar-refractivity contribution >= 4 is 0 Å². The molecule has 1 rings (SSSR count). The molecule has 1 unspecified atom stereocenters. The zero-order valence-corrected chi connectivity index (χ0v) is 8.79. The fourth-order valence-corrected chi connectivity index (χ4v) is 1.39. The van der Waals surface area contributed by atoms with Crippen molar-refractivity contribution in [2.45, 2.75) is 38.3 Å². The summed E-state index contributed by atoms with van der Waals surface area (Å²) in [5.74, 6) is 0. The highest BCUT2D eigenvalue weighted by atomic mass is 16.3. The third-order valence-electron chi connectivity index (χ3n) is 2.55. The standard InChI is InChI=1S/C10H22N2O/c1-9(13)5-6-11-7-8-12(2)10-3-4-10/h9-11,13H,3-8H2,1-2H3. The second-order valence-electron chi connectivity index (χ2n) is 4.10. The lowest BCUT2D eigenvalue weighted by atomic mass is 10.3. The van der Waals surface area contributed by atoms with Gasteiger partial charge >= 0.3 is 0 Å². The van der Waals surface area contributed by atoms with Crippen molar-refractivity contribution < 1.29 is 5.11 Å². The Hall–Kier alpha value is -0.120. The summed E-state index contributed by atoms with van der Waals surface area (Å²) in [6.45, 7) is 4.93. The van der Waals surface area contributed by atoms with Gasteiger partial charge in [-0.2, -0.15) is 0 Å². The summed E-state index contributed by atoms with van der Waals surface area (Å²) < 4.78 is 0. The van der Waals surface area contributed by atoms with Gasteiger partial charge in [0, 0.05) is 19.1 Å². The molecular weight excluding hydrogens is 164 g/mol. The van der Waals surface area contributed by atoms with E-state index < -0.39 is 0 Å². The number of hydrogen-bond acceptors (Lipinski definition) is 3. The predicted octanol–water partition coefficient (Wildman–Crippen LogP) is 0.441.